The van der Waals surface area contributed by atoms with Crippen LogP contribution >= 0.6 is 17.7 Å². The van der Waals surface area contributed by atoms with Gasteiger partial charge in [-0.1, -0.05) is 0 Å². The third-order valence-corrected chi connectivity index (χ3v) is 1.65. The maximum atomic E-state index is 5.00. The molecule has 0 aromatic carbocycles. The normalized spacial score (nSPS) is 19.7. The Morgan fingerprint density at radius 2 is 0.857 bits per heavy atom. The van der Waals surface area contributed by atoms with Crippen LogP contribution in [0.2, 0.25) is 0 Å². The van der Waals surface area contributed by atoms with Gasteiger partial charge in [0.1, 0.15) is 0 Å². The van der Waals surface area contributed by atoms with Gasteiger partial charge in [0.15, 0.2) is 0 Å². The van der Waals surface area contributed by atoms with Gasteiger partial charge in [-0.25, -0.2) is 0 Å². The third kappa shape index (κ3) is 16.6. The number of halogens is 3. The molecule has 0 aliphatic carbocycles. The van der Waals surface area contributed by atoms with E-state index in [0.29, 0.717) is 0 Å². The zero-order valence-corrected chi connectivity index (χ0v) is 12.9. The zero-order chi connectivity index (χ0) is 10.6. The summed E-state index contributed by atoms with van der Waals surface area (Å²) in [6.07, 6.45) is 5.11. The predicted molar refractivity (Wildman–Crippen MR) is 57.7 cm³/mol. The fraction of sp³-hybridized carbons (Fsp3) is 1.00. The van der Waals surface area contributed by atoms with E-state index in [0.717, 1.165) is 26.4 Å². The summed E-state index contributed by atoms with van der Waals surface area (Å²) in [5.41, 5.74) is 0. The first-order valence-electron chi connectivity index (χ1n) is 4.62. The van der Waals surface area contributed by atoms with Gasteiger partial charge in [-0.2, -0.15) is 0 Å². The molecule has 0 aromatic rings. The van der Waals surface area contributed by atoms with Gasteiger partial charge in [-0.15, -0.1) is 0 Å². The summed E-state index contributed by atoms with van der Waals surface area (Å²) in [4.78, 5) is 0. The Bertz CT molecular complexity index is 80.8. The molecule has 0 bridgehead atoms. The fourth-order valence-electron chi connectivity index (χ4n) is 1.02. The summed E-state index contributed by atoms with van der Waals surface area (Å²) in [7, 11) is 0. The van der Waals surface area contributed by atoms with Crippen LogP contribution in [0, 0.1) is 29.6 Å². The average molecular weight is 401 g/mol. The molecule has 0 spiro atoms. The molecule has 2 fully saturated rings. The Balaban J connectivity index is 0.000000183. The van der Waals surface area contributed by atoms with Crippen LogP contribution in [0.1, 0.15) is 25.7 Å². The Kier molecular flexibility index (Phi) is 15.2. The molecular formula is C8H16Cl3O2Sm. The molecule has 2 heterocycles. The van der Waals surface area contributed by atoms with Crippen molar-refractivity contribution in [1.29, 1.82) is 0 Å². The standard InChI is InChI=1S/2C4H8O.3ClH.Sm/c2*1-2-4-5-3-1;;;;/h2*1-4H2;3*1H;/q;;;;;+3/p-3. The van der Waals surface area contributed by atoms with Crippen LogP contribution < -0.4 is 0 Å². The molecule has 87 valence electrons. The van der Waals surface area contributed by atoms with Gasteiger partial charge in [0.05, 0.1) is 0 Å². The summed E-state index contributed by atoms with van der Waals surface area (Å²) < 4.78 is 9.89. The van der Waals surface area contributed by atoms with E-state index >= 15 is 0 Å². The predicted octanol–water partition coefficient (Wildman–Crippen LogP) is 3.66. The Labute approximate surface area is 107 Å². The molecule has 0 unspecified atom stereocenters. The summed E-state index contributed by atoms with van der Waals surface area (Å²) in [6.45, 7) is 4.00. The van der Waals surface area contributed by atoms with E-state index in [1.165, 1.54) is 25.7 Å². The van der Waals surface area contributed by atoms with E-state index in [9.17, 15) is 0 Å². The van der Waals surface area contributed by atoms with Gasteiger partial charge in [0.25, 0.3) is 0 Å². The Morgan fingerprint density at radius 1 is 0.643 bits per heavy atom. The van der Waals surface area contributed by atoms with E-state index < -0.39 is 29.6 Å². The van der Waals surface area contributed by atoms with Crippen LogP contribution in [0.4, 0.5) is 0 Å². The molecular weight excluding hydrogens is 385 g/mol. The minimum atomic E-state index is -2.11. The third-order valence-electron chi connectivity index (χ3n) is 1.65. The molecule has 2 rings (SSSR count). The van der Waals surface area contributed by atoms with Gasteiger partial charge in [0.2, 0.25) is 0 Å². The molecule has 2 saturated heterocycles. The second-order valence-corrected chi connectivity index (χ2v) is 14.3. The summed E-state index contributed by atoms with van der Waals surface area (Å²) in [6, 6.07) is 0. The van der Waals surface area contributed by atoms with Gasteiger partial charge < -0.3 is 9.47 Å². The van der Waals surface area contributed by atoms with E-state index in [-0.39, 0.29) is 0 Å². The molecule has 0 N–H and O–H groups in total. The minimum absolute atomic E-state index is 1.00. The molecule has 14 heavy (non-hydrogen) atoms. The molecule has 0 amide bonds. The van der Waals surface area contributed by atoms with Crippen LogP contribution in [0.3, 0.4) is 0 Å². The number of hydrogen-bond acceptors (Lipinski definition) is 2. The van der Waals surface area contributed by atoms with E-state index in [1.807, 2.05) is 0 Å². The molecule has 0 atom stereocenters. The molecule has 2 aliphatic heterocycles. The number of rotatable bonds is 0. The first-order chi connectivity index (χ1) is 6.73. The van der Waals surface area contributed by atoms with Crippen LogP contribution in [-0.2, 0) is 9.47 Å². The first-order valence-corrected chi connectivity index (χ1v) is 14.5. The van der Waals surface area contributed by atoms with Gasteiger partial charge >= 0.3 is 47.2 Å². The van der Waals surface area contributed by atoms with Crippen molar-refractivity contribution in [3.05, 3.63) is 0 Å². The van der Waals surface area contributed by atoms with Crippen LogP contribution in [0.25, 0.3) is 0 Å². The summed E-state index contributed by atoms with van der Waals surface area (Å²) in [5, 5.41) is 0. The van der Waals surface area contributed by atoms with Gasteiger partial charge in [-0.05, 0) is 25.7 Å². The maximum absolute atomic E-state index is 5.00. The van der Waals surface area contributed by atoms with E-state index in [2.05, 4.69) is 0 Å². The van der Waals surface area contributed by atoms with Crippen LogP contribution in [0.15, 0.2) is 0 Å². The van der Waals surface area contributed by atoms with Crippen LogP contribution in [-0.4, -0.2) is 26.4 Å². The summed E-state index contributed by atoms with van der Waals surface area (Å²) >= 11 is -2.11. The molecule has 0 radical (unpaired) electrons. The fourth-order valence-corrected chi connectivity index (χ4v) is 1.02. The SMILES string of the molecule is C1CCOC1.C1CCOC1.[Cl][Sm]([Cl])[Cl]. The molecule has 2 nitrogen and oxygen atoms in total. The number of hydrogen-bond donors (Lipinski definition) is 0. The van der Waals surface area contributed by atoms with Crippen molar-refractivity contribution in [2.75, 3.05) is 26.4 Å². The quantitative estimate of drug-likeness (QED) is 0.617. The second kappa shape index (κ2) is 13.2. The molecule has 0 aromatic heterocycles. The van der Waals surface area contributed by atoms with Gasteiger partial charge in [0, 0.05) is 26.4 Å². The van der Waals surface area contributed by atoms with Crippen molar-refractivity contribution >= 4 is 17.7 Å². The van der Waals surface area contributed by atoms with E-state index in [1.54, 1.807) is 0 Å². The molecule has 6 heteroatoms. The topological polar surface area (TPSA) is 18.5 Å². The molecule has 0 saturated carbocycles. The Morgan fingerprint density at radius 3 is 0.929 bits per heavy atom. The monoisotopic (exact) mass is 401 g/mol. The number of ether oxygens (including phenoxy) is 2. The van der Waals surface area contributed by atoms with E-state index in [4.69, 9.17) is 27.1 Å². The Hall–Kier alpha value is 2.13. The van der Waals surface area contributed by atoms with Crippen molar-refractivity contribution in [2.45, 2.75) is 25.7 Å². The van der Waals surface area contributed by atoms with Crippen molar-refractivity contribution in [3.63, 3.8) is 0 Å². The van der Waals surface area contributed by atoms with Crippen LogP contribution in [0.5, 0.6) is 0 Å². The first kappa shape index (κ1) is 16.1. The van der Waals surface area contributed by atoms with Crippen molar-refractivity contribution in [3.8, 4) is 0 Å². The van der Waals surface area contributed by atoms with Crippen molar-refractivity contribution in [2.24, 2.45) is 0 Å². The molecule has 2 aliphatic rings. The summed E-state index contributed by atoms with van der Waals surface area (Å²) in [5.74, 6) is 15.0. The second-order valence-electron chi connectivity index (χ2n) is 2.81. The average Bonchev–Trinajstić information content (AvgIpc) is 2.83. The van der Waals surface area contributed by atoms with Crippen molar-refractivity contribution < 1.29 is 39.0 Å². The van der Waals surface area contributed by atoms with Gasteiger partial charge in [-0.3, -0.25) is 0 Å². The van der Waals surface area contributed by atoms with Crippen molar-refractivity contribution in [1.82, 2.24) is 0 Å². The zero-order valence-electron chi connectivity index (χ0n) is 8.02.